The topological polar surface area (TPSA) is 70.6 Å². The van der Waals surface area contributed by atoms with Crippen molar-refractivity contribution in [1.29, 1.82) is 0 Å². The molecule has 3 aliphatic heterocycles. The predicted octanol–water partition coefficient (Wildman–Crippen LogP) is 1.08. The first kappa shape index (κ1) is 17.7. The molecule has 3 aliphatic rings. The van der Waals surface area contributed by atoms with Crippen LogP contribution in [0.4, 0.5) is 5.82 Å². The Balaban J connectivity index is 1.40. The number of aromatic nitrogens is 2. The zero-order chi connectivity index (χ0) is 17.9. The summed E-state index contributed by atoms with van der Waals surface area (Å²) in [5.74, 6) is 2.55. The molecule has 0 unspecified atom stereocenters. The van der Waals surface area contributed by atoms with E-state index in [1.54, 1.807) is 0 Å². The minimum Gasteiger partial charge on any atom is -0.378 e. The molecule has 3 fully saturated rings. The van der Waals surface area contributed by atoms with Gasteiger partial charge in [-0.3, -0.25) is 4.79 Å². The van der Waals surface area contributed by atoms with Crippen LogP contribution in [-0.2, 0) is 9.53 Å². The molecular formula is C19H29N5O2. The summed E-state index contributed by atoms with van der Waals surface area (Å²) in [5, 5.41) is 3.32. The normalized spacial score (nSPS) is 24.9. The van der Waals surface area contributed by atoms with Crippen LogP contribution < -0.4 is 10.2 Å². The molecule has 1 aromatic heterocycles. The second-order valence-corrected chi connectivity index (χ2v) is 7.55. The van der Waals surface area contributed by atoms with Crippen LogP contribution in [0.25, 0.3) is 0 Å². The first-order valence-electron chi connectivity index (χ1n) is 9.91. The summed E-state index contributed by atoms with van der Waals surface area (Å²) in [6, 6.07) is 2.19. The van der Waals surface area contributed by atoms with E-state index >= 15 is 0 Å². The smallest absolute Gasteiger partial charge is 0.239 e. The number of aryl methyl sites for hydroxylation is 1. The van der Waals surface area contributed by atoms with Crippen molar-refractivity contribution in [3.8, 4) is 0 Å². The van der Waals surface area contributed by atoms with Crippen molar-refractivity contribution in [2.75, 3.05) is 50.8 Å². The van der Waals surface area contributed by atoms with Gasteiger partial charge in [0.25, 0.3) is 0 Å². The molecule has 1 amide bonds. The number of carbonyl (C=O) groups is 1. The minimum absolute atomic E-state index is 0.0424. The fourth-order valence-corrected chi connectivity index (χ4v) is 4.25. The Kier molecular flexibility index (Phi) is 5.36. The van der Waals surface area contributed by atoms with E-state index in [1.807, 2.05) is 11.8 Å². The molecule has 7 heteroatoms. The van der Waals surface area contributed by atoms with Crippen LogP contribution >= 0.6 is 0 Å². The number of ether oxygens (including phenoxy) is 1. The highest BCUT2D eigenvalue weighted by molar-refractivity contribution is 5.82. The monoisotopic (exact) mass is 359 g/mol. The van der Waals surface area contributed by atoms with Gasteiger partial charge in [0.1, 0.15) is 11.6 Å². The average molecular weight is 359 g/mol. The molecular weight excluding hydrogens is 330 g/mol. The number of anilines is 1. The van der Waals surface area contributed by atoms with Crippen molar-refractivity contribution in [2.45, 2.75) is 44.6 Å². The first-order chi connectivity index (χ1) is 12.7. The van der Waals surface area contributed by atoms with E-state index in [0.717, 1.165) is 89.0 Å². The second-order valence-electron chi connectivity index (χ2n) is 7.55. The zero-order valence-electron chi connectivity index (χ0n) is 15.6. The quantitative estimate of drug-likeness (QED) is 0.871. The molecule has 0 aliphatic carbocycles. The number of nitrogens with zero attached hydrogens (tertiary/aromatic N) is 4. The summed E-state index contributed by atoms with van der Waals surface area (Å²) in [6.45, 7) is 7.89. The van der Waals surface area contributed by atoms with E-state index in [-0.39, 0.29) is 11.9 Å². The fourth-order valence-electron chi connectivity index (χ4n) is 4.25. The van der Waals surface area contributed by atoms with Gasteiger partial charge in [-0.2, -0.15) is 0 Å². The lowest BCUT2D eigenvalue weighted by Gasteiger charge is -2.34. The number of nitrogens with one attached hydrogen (secondary N) is 1. The lowest BCUT2D eigenvalue weighted by atomic mass is 9.92. The van der Waals surface area contributed by atoms with Gasteiger partial charge in [-0.1, -0.05) is 0 Å². The maximum Gasteiger partial charge on any atom is 0.239 e. The number of piperidine rings is 1. The van der Waals surface area contributed by atoms with E-state index in [4.69, 9.17) is 9.72 Å². The SMILES string of the molecule is Cc1nc(C2CCN(C(=O)[C@@H]3CCCN3)CC2)cc(N2CCOCC2)n1. The van der Waals surface area contributed by atoms with E-state index < -0.39 is 0 Å². The van der Waals surface area contributed by atoms with Crippen molar-refractivity contribution in [3.63, 3.8) is 0 Å². The molecule has 142 valence electrons. The van der Waals surface area contributed by atoms with Gasteiger partial charge in [-0.05, 0) is 39.2 Å². The third-order valence-electron chi connectivity index (χ3n) is 5.76. The Labute approximate surface area is 155 Å². The average Bonchev–Trinajstić information content (AvgIpc) is 3.22. The molecule has 0 aromatic carbocycles. The van der Waals surface area contributed by atoms with Crippen molar-refractivity contribution < 1.29 is 9.53 Å². The molecule has 3 saturated heterocycles. The summed E-state index contributed by atoms with van der Waals surface area (Å²) >= 11 is 0. The van der Waals surface area contributed by atoms with Crippen LogP contribution in [-0.4, -0.2) is 72.8 Å². The lowest BCUT2D eigenvalue weighted by molar-refractivity contribution is -0.134. The summed E-state index contributed by atoms with van der Waals surface area (Å²) in [5.41, 5.74) is 1.13. The summed E-state index contributed by atoms with van der Waals surface area (Å²) < 4.78 is 5.45. The molecule has 1 N–H and O–H groups in total. The minimum atomic E-state index is 0.0424. The Morgan fingerprint density at radius 2 is 1.92 bits per heavy atom. The van der Waals surface area contributed by atoms with Crippen molar-refractivity contribution in [1.82, 2.24) is 20.2 Å². The van der Waals surface area contributed by atoms with Crippen LogP contribution in [0.5, 0.6) is 0 Å². The van der Waals surface area contributed by atoms with Crippen LogP contribution in [0.1, 0.15) is 43.1 Å². The molecule has 0 bridgehead atoms. The molecule has 0 spiro atoms. The first-order valence-corrected chi connectivity index (χ1v) is 9.91. The standard InChI is InChI=1S/C19H29N5O2/c1-14-21-17(13-18(22-14)23-9-11-26-12-10-23)15-4-7-24(8-5-15)19(25)16-3-2-6-20-16/h13,15-16,20H,2-12H2,1H3/t16-/m0/s1. The fraction of sp³-hybridized carbons (Fsp3) is 0.737. The summed E-state index contributed by atoms with van der Waals surface area (Å²) in [6.07, 6.45) is 4.05. The van der Waals surface area contributed by atoms with E-state index in [1.165, 1.54) is 0 Å². The van der Waals surface area contributed by atoms with Gasteiger partial charge in [-0.25, -0.2) is 9.97 Å². The third-order valence-corrected chi connectivity index (χ3v) is 5.76. The van der Waals surface area contributed by atoms with Gasteiger partial charge < -0.3 is 19.9 Å². The van der Waals surface area contributed by atoms with E-state index in [2.05, 4.69) is 21.3 Å². The van der Waals surface area contributed by atoms with Gasteiger partial charge in [0, 0.05) is 43.9 Å². The second kappa shape index (κ2) is 7.88. The van der Waals surface area contributed by atoms with Crippen molar-refractivity contribution in [2.24, 2.45) is 0 Å². The maximum absolute atomic E-state index is 12.6. The molecule has 1 atom stereocenters. The maximum atomic E-state index is 12.6. The van der Waals surface area contributed by atoms with E-state index in [9.17, 15) is 4.79 Å². The number of likely N-dealkylation sites (tertiary alicyclic amines) is 1. The lowest BCUT2D eigenvalue weighted by Crippen LogP contribution is -2.46. The highest BCUT2D eigenvalue weighted by Gasteiger charge is 2.31. The molecule has 1 aromatic rings. The molecule has 0 radical (unpaired) electrons. The highest BCUT2D eigenvalue weighted by atomic mass is 16.5. The van der Waals surface area contributed by atoms with Gasteiger partial charge in [0.2, 0.25) is 5.91 Å². The predicted molar refractivity (Wildman–Crippen MR) is 99.4 cm³/mol. The molecule has 4 heterocycles. The number of morpholine rings is 1. The third kappa shape index (κ3) is 3.83. The Morgan fingerprint density at radius 3 is 2.62 bits per heavy atom. The Hall–Kier alpha value is -1.73. The largest absolute Gasteiger partial charge is 0.378 e. The number of rotatable bonds is 3. The highest BCUT2D eigenvalue weighted by Crippen LogP contribution is 2.29. The van der Waals surface area contributed by atoms with E-state index in [0.29, 0.717) is 5.92 Å². The van der Waals surface area contributed by atoms with Gasteiger partial charge in [0.15, 0.2) is 0 Å². The number of carbonyl (C=O) groups excluding carboxylic acids is 1. The van der Waals surface area contributed by atoms with Gasteiger partial charge in [0.05, 0.1) is 19.3 Å². The van der Waals surface area contributed by atoms with Crippen molar-refractivity contribution in [3.05, 3.63) is 17.6 Å². The molecule has 4 rings (SSSR count). The summed E-state index contributed by atoms with van der Waals surface area (Å²) in [7, 11) is 0. The molecule has 7 nitrogen and oxygen atoms in total. The van der Waals surface area contributed by atoms with Crippen LogP contribution in [0.2, 0.25) is 0 Å². The Bertz CT molecular complexity index is 633. The van der Waals surface area contributed by atoms with Crippen molar-refractivity contribution >= 4 is 11.7 Å². The summed E-state index contributed by atoms with van der Waals surface area (Å²) in [4.78, 5) is 26.2. The van der Waals surface area contributed by atoms with Crippen LogP contribution in [0.3, 0.4) is 0 Å². The molecule has 26 heavy (non-hydrogen) atoms. The van der Waals surface area contributed by atoms with Crippen LogP contribution in [0.15, 0.2) is 6.07 Å². The Morgan fingerprint density at radius 1 is 1.15 bits per heavy atom. The van der Waals surface area contributed by atoms with Gasteiger partial charge in [-0.15, -0.1) is 0 Å². The molecule has 0 saturated carbocycles. The zero-order valence-corrected chi connectivity index (χ0v) is 15.6. The number of hydrogen-bond acceptors (Lipinski definition) is 6. The van der Waals surface area contributed by atoms with Gasteiger partial charge >= 0.3 is 0 Å². The number of hydrogen-bond donors (Lipinski definition) is 1. The van der Waals surface area contributed by atoms with Crippen LogP contribution in [0, 0.1) is 6.92 Å². The number of amides is 1.